The average Bonchev–Trinajstić information content (AvgIpc) is 2.72. The minimum atomic E-state index is 0.197. The third-order valence-corrected chi connectivity index (χ3v) is 4.42. The zero-order valence-electron chi connectivity index (χ0n) is 15.2. The van der Waals surface area contributed by atoms with Crippen molar-refractivity contribution in [1.29, 1.82) is 0 Å². The summed E-state index contributed by atoms with van der Waals surface area (Å²) >= 11 is 0. The highest BCUT2D eigenvalue weighted by Gasteiger charge is 2.12. The Kier molecular flexibility index (Phi) is 6.23. The fourth-order valence-corrected chi connectivity index (χ4v) is 2.88. The normalized spacial score (nSPS) is 11.8. The smallest absolute Gasteiger partial charge is 0.118 e. The molecule has 1 heterocycles. The third kappa shape index (κ3) is 4.83. The van der Waals surface area contributed by atoms with E-state index in [2.05, 4.69) is 34.6 Å². The Morgan fingerprint density at radius 3 is 1.92 bits per heavy atom. The number of hydrogen-bond donors (Lipinski definition) is 1. The van der Waals surface area contributed by atoms with Crippen LogP contribution in [0.4, 0.5) is 0 Å². The largest absolute Gasteiger partial charge is 0.497 e. The Morgan fingerprint density at radius 1 is 0.769 bits per heavy atom. The van der Waals surface area contributed by atoms with Gasteiger partial charge in [0.2, 0.25) is 0 Å². The van der Waals surface area contributed by atoms with Crippen LogP contribution in [0.5, 0.6) is 11.5 Å². The lowest BCUT2D eigenvalue weighted by Crippen LogP contribution is -2.23. The highest BCUT2D eigenvalue weighted by atomic mass is 16.5. The van der Waals surface area contributed by atoms with Crippen LogP contribution < -0.4 is 14.8 Å². The standard InChI is InChI=1S/C22H24N2O2/c1-25-20-7-3-17(4-8-20)15-22(19-5-9-21(26-2)10-6-19)24-16-18-11-13-23-14-12-18/h3-14,22,24H,15-16H2,1-2H3/t22-/m1/s1. The van der Waals surface area contributed by atoms with Gasteiger partial charge in [0.25, 0.3) is 0 Å². The Balaban J connectivity index is 1.77. The Hall–Kier alpha value is -2.85. The summed E-state index contributed by atoms with van der Waals surface area (Å²) in [5, 5.41) is 3.67. The van der Waals surface area contributed by atoms with Gasteiger partial charge in [-0.05, 0) is 59.5 Å². The first-order chi connectivity index (χ1) is 12.8. The molecule has 0 bridgehead atoms. The molecule has 0 saturated carbocycles. The lowest BCUT2D eigenvalue weighted by molar-refractivity contribution is 0.414. The summed E-state index contributed by atoms with van der Waals surface area (Å²) in [7, 11) is 3.37. The van der Waals surface area contributed by atoms with E-state index in [0.717, 1.165) is 24.5 Å². The minimum absolute atomic E-state index is 0.197. The Labute approximate surface area is 154 Å². The van der Waals surface area contributed by atoms with E-state index >= 15 is 0 Å². The van der Waals surface area contributed by atoms with E-state index < -0.39 is 0 Å². The number of aromatic nitrogens is 1. The number of rotatable bonds is 8. The second-order valence-electron chi connectivity index (χ2n) is 6.11. The number of pyridine rings is 1. The van der Waals surface area contributed by atoms with Crippen LogP contribution in [0.25, 0.3) is 0 Å². The maximum atomic E-state index is 5.28. The molecule has 0 saturated heterocycles. The molecule has 1 aromatic heterocycles. The fourth-order valence-electron chi connectivity index (χ4n) is 2.88. The van der Waals surface area contributed by atoms with E-state index in [1.807, 2.05) is 48.8 Å². The molecular formula is C22H24N2O2. The van der Waals surface area contributed by atoms with Crippen LogP contribution in [-0.2, 0) is 13.0 Å². The molecule has 0 fully saturated rings. The molecule has 0 spiro atoms. The van der Waals surface area contributed by atoms with Gasteiger partial charge in [0, 0.05) is 25.0 Å². The van der Waals surface area contributed by atoms with E-state index in [1.54, 1.807) is 14.2 Å². The molecule has 0 aliphatic heterocycles. The van der Waals surface area contributed by atoms with Gasteiger partial charge in [-0.15, -0.1) is 0 Å². The van der Waals surface area contributed by atoms with Crippen molar-refractivity contribution in [2.24, 2.45) is 0 Å². The molecule has 0 aliphatic rings. The first kappa shape index (κ1) is 18.0. The van der Waals surface area contributed by atoms with Gasteiger partial charge in [0.1, 0.15) is 11.5 Å². The molecule has 4 nitrogen and oxygen atoms in total. The van der Waals surface area contributed by atoms with Crippen molar-refractivity contribution in [2.75, 3.05) is 14.2 Å². The topological polar surface area (TPSA) is 43.4 Å². The number of nitrogens with zero attached hydrogens (tertiary/aromatic N) is 1. The van der Waals surface area contributed by atoms with Gasteiger partial charge < -0.3 is 14.8 Å². The molecule has 0 unspecified atom stereocenters. The van der Waals surface area contributed by atoms with Crippen LogP contribution in [0.15, 0.2) is 73.1 Å². The maximum Gasteiger partial charge on any atom is 0.118 e. The SMILES string of the molecule is COc1ccc(C[C@@H](NCc2ccncc2)c2ccc(OC)cc2)cc1. The fraction of sp³-hybridized carbons (Fsp3) is 0.227. The van der Waals surface area contributed by atoms with Gasteiger partial charge in [0.05, 0.1) is 14.2 Å². The van der Waals surface area contributed by atoms with Crippen LogP contribution in [0.1, 0.15) is 22.7 Å². The molecular weight excluding hydrogens is 324 g/mol. The second kappa shape index (κ2) is 9.02. The summed E-state index contributed by atoms with van der Waals surface area (Å²) in [6.45, 7) is 0.787. The van der Waals surface area contributed by atoms with Crippen molar-refractivity contribution in [3.63, 3.8) is 0 Å². The van der Waals surface area contributed by atoms with Crippen molar-refractivity contribution < 1.29 is 9.47 Å². The number of hydrogen-bond acceptors (Lipinski definition) is 4. The molecule has 2 aromatic carbocycles. The summed E-state index contributed by atoms with van der Waals surface area (Å²) < 4.78 is 10.5. The van der Waals surface area contributed by atoms with Crippen molar-refractivity contribution in [1.82, 2.24) is 10.3 Å². The summed E-state index contributed by atoms with van der Waals surface area (Å²) in [6, 6.07) is 20.7. The van der Waals surface area contributed by atoms with E-state index in [0.29, 0.717) is 0 Å². The van der Waals surface area contributed by atoms with Crippen LogP contribution in [0.3, 0.4) is 0 Å². The summed E-state index contributed by atoms with van der Waals surface area (Å²) in [5.41, 5.74) is 3.71. The van der Waals surface area contributed by atoms with Crippen molar-refractivity contribution in [3.05, 3.63) is 89.7 Å². The predicted octanol–water partition coefficient (Wildman–Crippen LogP) is 4.17. The molecule has 3 aromatic rings. The van der Waals surface area contributed by atoms with Gasteiger partial charge in [-0.3, -0.25) is 4.98 Å². The van der Waals surface area contributed by atoms with Crippen LogP contribution >= 0.6 is 0 Å². The monoisotopic (exact) mass is 348 g/mol. The van der Waals surface area contributed by atoms with E-state index in [4.69, 9.17) is 9.47 Å². The molecule has 0 aliphatic carbocycles. The molecule has 0 radical (unpaired) electrons. The highest BCUT2D eigenvalue weighted by Crippen LogP contribution is 2.23. The second-order valence-corrected chi connectivity index (χ2v) is 6.11. The van der Waals surface area contributed by atoms with Gasteiger partial charge in [-0.1, -0.05) is 24.3 Å². The predicted molar refractivity (Wildman–Crippen MR) is 104 cm³/mol. The molecule has 26 heavy (non-hydrogen) atoms. The van der Waals surface area contributed by atoms with Crippen molar-refractivity contribution in [3.8, 4) is 11.5 Å². The van der Waals surface area contributed by atoms with E-state index in [-0.39, 0.29) is 6.04 Å². The first-order valence-corrected chi connectivity index (χ1v) is 8.67. The molecule has 3 rings (SSSR count). The number of methoxy groups -OCH3 is 2. The summed E-state index contributed by atoms with van der Waals surface area (Å²) in [5.74, 6) is 1.74. The van der Waals surface area contributed by atoms with E-state index in [1.165, 1.54) is 16.7 Å². The summed E-state index contributed by atoms with van der Waals surface area (Å²) in [6.07, 6.45) is 4.53. The zero-order valence-corrected chi connectivity index (χ0v) is 15.2. The highest BCUT2D eigenvalue weighted by molar-refractivity contribution is 5.32. The first-order valence-electron chi connectivity index (χ1n) is 8.67. The molecule has 4 heteroatoms. The lowest BCUT2D eigenvalue weighted by atomic mass is 9.98. The maximum absolute atomic E-state index is 5.28. The average molecular weight is 348 g/mol. The minimum Gasteiger partial charge on any atom is -0.497 e. The van der Waals surface area contributed by atoms with Crippen molar-refractivity contribution >= 4 is 0 Å². The molecule has 134 valence electrons. The van der Waals surface area contributed by atoms with Crippen molar-refractivity contribution in [2.45, 2.75) is 19.0 Å². The van der Waals surface area contributed by atoms with Gasteiger partial charge in [-0.2, -0.15) is 0 Å². The van der Waals surface area contributed by atoms with Crippen LogP contribution in [-0.4, -0.2) is 19.2 Å². The van der Waals surface area contributed by atoms with E-state index in [9.17, 15) is 0 Å². The number of benzene rings is 2. The number of nitrogens with one attached hydrogen (secondary N) is 1. The Bertz CT molecular complexity index is 787. The van der Waals surface area contributed by atoms with Crippen LogP contribution in [0, 0.1) is 0 Å². The van der Waals surface area contributed by atoms with Gasteiger partial charge in [-0.25, -0.2) is 0 Å². The zero-order chi connectivity index (χ0) is 18.2. The van der Waals surface area contributed by atoms with Crippen LogP contribution in [0.2, 0.25) is 0 Å². The number of ether oxygens (including phenoxy) is 2. The summed E-state index contributed by atoms with van der Waals surface area (Å²) in [4.78, 5) is 4.08. The molecule has 1 atom stereocenters. The van der Waals surface area contributed by atoms with Gasteiger partial charge >= 0.3 is 0 Å². The third-order valence-electron chi connectivity index (χ3n) is 4.42. The lowest BCUT2D eigenvalue weighted by Gasteiger charge is -2.20. The molecule has 1 N–H and O–H groups in total. The Morgan fingerprint density at radius 2 is 1.35 bits per heavy atom. The quantitative estimate of drug-likeness (QED) is 0.663. The van der Waals surface area contributed by atoms with Gasteiger partial charge in [0.15, 0.2) is 0 Å². The molecule has 0 amide bonds.